The summed E-state index contributed by atoms with van der Waals surface area (Å²) < 4.78 is 5.51. The number of rotatable bonds is 3. The molecule has 4 heteroatoms. The van der Waals surface area contributed by atoms with Crippen LogP contribution in [0.3, 0.4) is 0 Å². The Kier molecular flexibility index (Phi) is 4.15. The average molecular weight is 288 g/mol. The van der Waals surface area contributed by atoms with E-state index in [0.717, 1.165) is 57.7 Å². The molecule has 0 bridgehead atoms. The van der Waals surface area contributed by atoms with Crippen molar-refractivity contribution in [1.82, 2.24) is 4.90 Å². The minimum Gasteiger partial charge on any atom is -0.381 e. The van der Waals surface area contributed by atoms with Crippen molar-refractivity contribution in [1.29, 1.82) is 0 Å². The number of hydrogen-bond donors (Lipinski definition) is 1. The van der Waals surface area contributed by atoms with E-state index in [1.54, 1.807) is 0 Å². The molecule has 2 heterocycles. The Hall–Kier alpha value is -1.55. The molecule has 2 saturated heterocycles. The number of nitrogens with one attached hydrogen (secondary N) is 1. The van der Waals surface area contributed by atoms with Crippen LogP contribution in [0.5, 0.6) is 0 Å². The molecule has 4 nitrogen and oxygen atoms in total. The summed E-state index contributed by atoms with van der Waals surface area (Å²) in [5, 5.41) is 3.01. The van der Waals surface area contributed by atoms with E-state index in [4.69, 9.17) is 4.74 Å². The highest BCUT2D eigenvalue weighted by atomic mass is 16.5. The van der Waals surface area contributed by atoms with E-state index in [-0.39, 0.29) is 11.4 Å². The molecule has 0 unspecified atom stereocenters. The molecular formula is C17H24N2O2. The van der Waals surface area contributed by atoms with E-state index < -0.39 is 0 Å². The van der Waals surface area contributed by atoms with Crippen LogP contribution in [0.1, 0.15) is 31.7 Å². The summed E-state index contributed by atoms with van der Waals surface area (Å²) in [5.41, 5.74) is 2.42. The lowest BCUT2D eigenvalue weighted by Crippen LogP contribution is -2.35. The third-order valence-corrected chi connectivity index (χ3v) is 4.65. The molecule has 1 aromatic carbocycles. The highest BCUT2D eigenvalue weighted by Gasteiger charge is 2.42. The standard InChI is InChI=1S/C17H24N2O2/c1-2-3-14-4-6-15(7-5-14)18-16(20)19-10-8-17(12-19)9-11-21-13-17/h4-7H,2-3,8-13H2,1H3,(H,18,20)/t17-/m1/s1. The first-order valence-electron chi connectivity index (χ1n) is 7.93. The average Bonchev–Trinajstić information content (AvgIpc) is 3.12. The number of carbonyl (C=O) groups excluding carboxylic acids is 1. The first-order valence-corrected chi connectivity index (χ1v) is 7.93. The number of likely N-dealkylation sites (tertiary alicyclic amines) is 1. The van der Waals surface area contributed by atoms with Gasteiger partial charge in [-0.2, -0.15) is 0 Å². The van der Waals surface area contributed by atoms with Crippen molar-refractivity contribution in [2.24, 2.45) is 5.41 Å². The Labute approximate surface area is 126 Å². The van der Waals surface area contributed by atoms with Gasteiger partial charge in [0.25, 0.3) is 0 Å². The number of aryl methyl sites for hydroxylation is 1. The summed E-state index contributed by atoms with van der Waals surface area (Å²) in [6, 6.07) is 8.19. The number of ether oxygens (including phenoxy) is 1. The molecule has 0 aliphatic carbocycles. The van der Waals surface area contributed by atoms with Gasteiger partial charge in [-0.25, -0.2) is 4.79 Å². The Morgan fingerprint density at radius 2 is 2.14 bits per heavy atom. The van der Waals surface area contributed by atoms with Gasteiger partial charge in [-0.1, -0.05) is 25.5 Å². The number of amides is 2. The number of benzene rings is 1. The fraction of sp³-hybridized carbons (Fsp3) is 0.588. The third-order valence-electron chi connectivity index (χ3n) is 4.65. The van der Waals surface area contributed by atoms with Gasteiger partial charge in [0.1, 0.15) is 0 Å². The van der Waals surface area contributed by atoms with Crippen molar-refractivity contribution in [3.05, 3.63) is 29.8 Å². The van der Waals surface area contributed by atoms with Gasteiger partial charge in [0, 0.05) is 30.8 Å². The second-order valence-electron chi connectivity index (χ2n) is 6.35. The van der Waals surface area contributed by atoms with Crippen molar-refractivity contribution in [3.8, 4) is 0 Å². The molecular weight excluding hydrogens is 264 g/mol. The second-order valence-corrected chi connectivity index (χ2v) is 6.35. The third kappa shape index (κ3) is 3.21. The van der Waals surface area contributed by atoms with Crippen LogP contribution in [0.15, 0.2) is 24.3 Å². The van der Waals surface area contributed by atoms with Gasteiger partial charge in [-0.15, -0.1) is 0 Å². The largest absolute Gasteiger partial charge is 0.381 e. The lowest BCUT2D eigenvalue weighted by atomic mass is 9.87. The summed E-state index contributed by atoms with van der Waals surface area (Å²) in [4.78, 5) is 14.3. The Balaban J connectivity index is 1.56. The number of urea groups is 1. The monoisotopic (exact) mass is 288 g/mol. The molecule has 2 amide bonds. The van der Waals surface area contributed by atoms with Crippen LogP contribution in [0.4, 0.5) is 10.5 Å². The lowest BCUT2D eigenvalue weighted by Gasteiger charge is -2.22. The van der Waals surface area contributed by atoms with Crippen LogP contribution in [0.25, 0.3) is 0 Å². The minimum absolute atomic E-state index is 0.0158. The van der Waals surface area contributed by atoms with Crippen LogP contribution < -0.4 is 5.32 Å². The number of anilines is 1. The van der Waals surface area contributed by atoms with Crippen LogP contribution in [-0.2, 0) is 11.2 Å². The number of hydrogen-bond acceptors (Lipinski definition) is 2. The SMILES string of the molecule is CCCc1ccc(NC(=O)N2CC[C@@]3(CCOC3)C2)cc1. The quantitative estimate of drug-likeness (QED) is 0.927. The van der Waals surface area contributed by atoms with Crippen molar-refractivity contribution in [2.75, 3.05) is 31.6 Å². The van der Waals surface area contributed by atoms with Crippen molar-refractivity contribution in [2.45, 2.75) is 32.6 Å². The summed E-state index contributed by atoms with van der Waals surface area (Å²) in [6.07, 6.45) is 4.38. The highest BCUT2D eigenvalue weighted by Crippen LogP contribution is 2.38. The summed E-state index contributed by atoms with van der Waals surface area (Å²) in [6.45, 7) is 5.48. The second kappa shape index (κ2) is 6.06. The first-order chi connectivity index (χ1) is 10.2. The van der Waals surface area contributed by atoms with Crippen LogP contribution >= 0.6 is 0 Å². The molecule has 21 heavy (non-hydrogen) atoms. The van der Waals surface area contributed by atoms with Crippen molar-refractivity contribution in [3.63, 3.8) is 0 Å². The van der Waals surface area contributed by atoms with Crippen LogP contribution in [0, 0.1) is 5.41 Å². The van der Waals surface area contributed by atoms with Crippen LogP contribution in [-0.4, -0.2) is 37.2 Å². The van der Waals surface area contributed by atoms with Gasteiger partial charge in [0.15, 0.2) is 0 Å². The van der Waals surface area contributed by atoms with Gasteiger partial charge in [-0.05, 0) is 37.0 Å². The maximum Gasteiger partial charge on any atom is 0.321 e. The molecule has 1 atom stereocenters. The van der Waals surface area contributed by atoms with Crippen molar-refractivity contribution < 1.29 is 9.53 Å². The predicted octanol–water partition coefficient (Wildman–Crippen LogP) is 3.28. The molecule has 1 spiro atoms. The number of carbonyl (C=O) groups is 1. The Morgan fingerprint density at radius 3 is 2.81 bits per heavy atom. The fourth-order valence-corrected chi connectivity index (χ4v) is 3.33. The van der Waals surface area contributed by atoms with Gasteiger partial charge in [0.05, 0.1) is 6.61 Å². The molecule has 1 aromatic rings. The molecule has 0 aromatic heterocycles. The zero-order valence-corrected chi connectivity index (χ0v) is 12.7. The molecule has 2 aliphatic heterocycles. The van der Waals surface area contributed by atoms with E-state index in [1.165, 1.54) is 5.56 Å². The van der Waals surface area contributed by atoms with Gasteiger partial charge < -0.3 is 15.0 Å². The molecule has 114 valence electrons. The van der Waals surface area contributed by atoms with Gasteiger partial charge in [0.2, 0.25) is 0 Å². The first kappa shape index (κ1) is 14.4. The zero-order valence-electron chi connectivity index (χ0n) is 12.7. The Bertz CT molecular complexity index is 492. The highest BCUT2D eigenvalue weighted by molar-refractivity contribution is 5.89. The van der Waals surface area contributed by atoms with Crippen molar-refractivity contribution >= 4 is 11.7 Å². The van der Waals surface area contributed by atoms with E-state index in [0.29, 0.717) is 0 Å². The maximum absolute atomic E-state index is 12.3. The van der Waals surface area contributed by atoms with E-state index in [1.807, 2.05) is 17.0 Å². The molecule has 0 radical (unpaired) electrons. The van der Waals surface area contributed by atoms with Gasteiger partial charge >= 0.3 is 6.03 Å². The van der Waals surface area contributed by atoms with Gasteiger partial charge in [-0.3, -0.25) is 0 Å². The van der Waals surface area contributed by atoms with E-state index in [2.05, 4.69) is 24.4 Å². The van der Waals surface area contributed by atoms with Crippen LogP contribution in [0.2, 0.25) is 0 Å². The van der Waals surface area contributed by atoms with E-state index in [9.17, 15) is 4.79 Å². The topological polar surface area (TPSA) is 41.6 Å². The fourth-order valence-electron chi connectivity index (χ4n) is 3.33. The summed E-state index contributed by atoms with van der Waals surface area (Å²) >= 11 is 0. The number of nitrogens with zero attached hydrogens (tertiary/aromatic N) is 1. The molecule has 3 rings (SSSR count). The minimum atomic E-state index is 0.0158. The molecule has 2 fully saturated rings. The predicted molar refractivity (Wildman–Crippen MR) is 83.5 cm³/mol. The molecule has 0 saturated carbocycles. The molecule has 2 aliphatic rings. The molecule has 1 N–H and O–H groups in total. The maximum atomic E-state index is 12.3. The normalized spacial score (nSPS) is 24.7. The Morgan fingerprint density at radius 1 is 1.33 bits per heavy atom. The summed E-state index contributed by atoms with van der Waals surface area (Å²) in [5.74, 6) is 0. The lowest BCUT2D eigenvalue weighted by molar-refractivity contribution is 0.154. The summed E-state index contributed by atoms with van der Waals surface area (Å²) in [7, 11) is 0. The smallest absolute Gasteiger partial charge is 0.321 e. The zero-order chi connectivity index (χ0) is 14.7. The van der Waals surface area contributed by atoms with E-state index >= 15 is 0 Å².